The van der Waals surface area contributed by atoms with E-state index in [0.29, 0.717) is 10.0 Å². The Morgan fingerprint density at radius 1 is 1.38 bits per heavy atom. The molecule has 0 spiro atoms. The lowest BCUT2D eigenvalue weighted by atomic mass is 10.0. The van der Waals surface area contributed by atoms with E-state index in [0.717, 1.165) is 0 Å². The van der Waals surface area contributed by atoms with Crippen molar-refractivity contribution in [1.82, 2.24) is 0 Å². The van der Waals surface area contributed by atoms with Gasteiger partial charge in [0, 0.05) is 15.9 Å². The fourth-order valence-corrected chi connectivity index (χ4v) is 2.03. The van der Waals surface area contributed by atoms with E-state index in [1.807, 2.05) is 0 Å². The lowest BCUT2D eigenvalue weighted by Gasteiger charge is -2.14. The summed E-state index contributed by atoms with van der Waals surface area (Å²) >= 11 is 8.97. The van der Waals surface area contributed by atoms with Crippen molar-refractivity contribution in [2.75, 3.05) is 0 Å². The maximum Gasteiger partial charge on any atom is 0.389 e. The molecule has 0 aliphatic heterocycles. The Kier molecular flexibility index (Phi) is 4.64. The van der Waals surface area contributed by atoms with Crippen molar-refractivity contribution in [3.05, 3.63) is 33.3 Å². The Morgan fingerprint density at radius 3 is 2.50 bits per heavy atom. The SMILES string of the molecule is OC(CCC(F)(F)F)c1ccc(Br)cc1Cl. The van der Waals surface area contributed by atoms with Gasteiger partial charge in [0.2, 0.25) is 0 Å². The summed E-state index contributed by atoms with van der Waals surface area (Å²) in [6.45, 7) is 0. The first-order valence-electron chi connectivity index (χ1n) is 4.49. The van der Waals surface area contributed by atoms with Gasteiger partial charge in [0.05, 0.1) is 6.10 Å². The lowest BCUT2D eigenvalue weighted by molar-refractivity contribution is -0.140. The largest absolute Gasteiger partial charge is 0.389 e. The van der Waals surface area contributed by atoms with E-state index in [1.54, 1.807) is 6.07 Å². The lowest BCUT2D eigenvalue weighted by Crippen LogP contribution is -2.10. The molecule has 0 saturated carbocycles. The Bertz CT molecular complexity index is 368. The monoisotopic (exact) mass is 316 g/mol. The predicted octanol–water partition coefficient (Wildman–Crippen LogP) is 4.48. The molecule has 1 N–H and O–H groups in total. The minimum Gasteiger partial charge on any atom is -0.388 e. The number of rotatable bonds is 3. The molecule has 16 heavy (non-hydrogen) atoms. The van der Waals surface area contributed by atoms with Crippen LogP contribution >= 0.6 is 27.5 Å². The van der Waals surface area contributed by atoms with E-state index in [1.165, 1.54) is 12.1 Å². The van der Waals surface area contributed by atoms with Crippen LogP contribution in [0.25, 0.3) is 0 Å². The minimum absolute atomic E-state index is 0.254. The molecule has 1 nitrogen and oxygen atoms in total. The second-order valence-corrected chi connectivity index (χ2v) is 4.66. The van der Waals surface area contributed by atoms with E-state index < -0.39 is 18.7 Å². The van der Waals surface area contributed by atoms with Crippen molar-refractivity contribution in [1.29, 1.82) is 0 Å². The first kappa shape index (κ1) is 13.8. The number of halogens is 5. The van der Waals surface area contributed by atoms with Gasteiger partial charge in [-0.05, 0) is 24.1 Å². The molecule has 1 atom stereocenters. The van der Waals surface area contributed by atoms with Crippen molar-refractivity contribution in [3.63, 3.8) is 0 Å². The average Bonchev–Trinajstić information content (AvgIpc) is 2.13. The zero-order valence-corrected chi connectivity index (χ0v) is 10.4. The smallest absolute Gasteiger partial charge is 0.388 e. The molecule has 0 heterocycles. The summed E-state index contributed by atoms with van der Waals surface area (Å²) < 4.78 is 36.5. The molecule has 0 fully saturated rings. The number of hydrogen-bond donors (Lipinski definition) is 1. The van der Waals surface area contributed by atoms with Crippen LogP contribution in [-0.4, -0.2) is 11.3 Å². The molecular formula is C10H9BrClF3O. The molecular weight excluding hydrogens is 308 g/mol. The summed E-state index contributed by atoms with van der Waals surface area (Å²) in [4.78, 5) is 0. The topological polar surface area (TPSA) is 20.2 Å². The van der Waals surface area contributed by atoms with E-state index in [9.17, 15) is 18.3 Å². The van der Waals surface area contributed by atoms with Crippen molar-refractivity contribution in [3.8, 4) is 0 Å². The molecule has 1 aromatic rings. The van der Waals surface area contributed by atoms with Crippen LogP contribution in [0.2, 0.25) is 5.02 Å². The second kappa shape index (κ2) is 5.38. The highest BCUT2D eigenvalue weighted by atomic mass is 79.9. The number of aliphatic hydroxyl groups excluding tert-OH is 1. The first-order chi connectivity index (χ1) is 7.29. The molecule has 1 unspecified atom stereocenters. The summed E-state index contributed by atoms with van der Waals surface area (Å²) in [5, 5.41) is 9.81. The van der Waals surface area contributed by atoms with Gasteiger partial charge in [0.15, 0.2) is 0 Å². The van der Waals surface area contributed by atoms with Crippen LogP contribution in [0.3, 0.4) is 0 Å². The number of hydrogen-bond acceptors (Lipinski definition) is 1. The van der Waals surface area contributed by atoms with Crippen LogP contribution in [0, 0.1) is 0 Å². The third kappa shape index (κ3) is 4.31. The fourth-order valence-electron chi connectivity index (χ4n) is 1.23. The van der Waals surface area contributed by atoms with Crippen LogP contribution < -0.4 is 0 Å². The maximum absolute atomic E-state index is 11.9. The molecule has 0 radical (unpaired) electrons. The molecule has 0 aromatic heterocycles. The number of benzene rings is 1. The van der Waals surface area contributed by atoms with E-state index in [4.69, 9.17) is 11.6 Å². The molecule has 0 aliphatic rings. The predicted molar refractivity (Wildman–Crippen MR) is 59.4 cm³/mol. The van der Waals surface area contributed by atoms with Gasteiger partial charge in [0.25, 0.3) is 0 Å². The van der Waals surface area contributed by atoms with Gasteiger partial charge in [-0.2, -0.15) is 13.2 Å². The normalized spacial score (nSPS) is 13.9. The quantitative estimate of drug-likeness (QED) is 0.871. The summed E-state index contributed by atoms with van der Waals surface area (Å²) in [5.41, 5.74) is 0.314. The van der Waals surface area contributed by atoms with E-state index in [-0.39, 0.29) is 11.4 Å². The summed E-state index contributed by atoms with van der Waals surface area (Å²) in [6, 6.07) is 4.67. The fraction of sp³-hybridized carbons (Fsp3) is 0.400. The second-order valence-electron chi connectivity index (χ2n) is 3.34. The van der Waals surface area contributed by atoms with Gasteiger partial charge >= 0.3 is 6.18 Å². The molecule has 6 heteroatoms. The molecule has 0 aliphatic carbocycles. The van der Waals surface area contributed by atoms with Gasteiger partial charge in [-0.25, -0.2) is 0 Å². The van der Waals surface area contributed by atoms with Gasteiger partial charge in [-0.15, -0.1) is 0 Å². The molecule has 1 aromatic carbocycles. The molecule has 0 bridgehead atoms. The van der Waals surface area contributed by atoms with Crippen LogP contribution in [-0.2, 0) is 0 Å². The Balaban J connectivity index is 2.70. The Hall–Kier alpha value is -0.260. The average molecular weight is 318 g/mol. The van der Waals surface area contributed by atoms with Crippen molar-refractivity contribution in [2.24, 2.45) is 0 Å². The summed E-state index contributed by atoms with van der Waals surface area (Å²) in [6.07, 6.45) is -6.86. The molecule has 90 valence electrons. The highest BCUT2D eigenvalue weighted by Crippen LogP contribution is 2.32. The standard InChI is InChI=1S/C10H9BrClF3O/c11-6-1-2-7(8(12)5-6)9(16)3-4-10(13,14)15/h1-2,5,9,16H,3-4H2. The Morgan fingerprint density at radius 2 is 2.00 bits per heavy atom. The van der Waals surface area contributed by atoms with E-state index >= 15 is 0 Å². The number of alkyl halides is 3. The molecule has 0 saturated heterocycles. The highest BCUT2D eigenvalue weighted by molar-refractivity contribution is 9.10. The van der Waals surface area contributed by atoms with Crippen molar-refractivity contribution >= 4 is 27.5 Å². The zero-order chi connectivity index (χ0) is 12.3. The minimum atomic E-state index is -4.26. The number of aliphatic hydroxyl groups is 1. The summed E-state index contributed by atoms with van der Waals surface area (Å²) in [5.74, 6) is 0. The third-order valence-corrected chi connectivity index (χ3v) is 2.84. The van der Waals surface area contributed by atoms with Gasteiger partial charge in [-0.1, -0.05) is 33.6 Å². The summed E-state index contributed by atoms with van der Waals surface area (Å²) in [7, 11) is 0. The van der Waals surface area contributed by atoms with Gasteiger partial charge < -0.3 is 5.11 Å². The highest BCUT2D eigenvalue weighted by Gasteiger charge is 2.28. The van der Waals surface area contributed by atoms with Crippen molar-refractivity contribution in [2.45, 2.75) is 25.1 Å². The molecule has 0 amide bonds. The van der Waals surface area contributed by atoms with Gasteiger partial charge in [0.1, 0.15) is 0 Å². The first-order valence-corrected chi connectivity index (χ1v) is 5.66. The van der Waals surface area contributed by atoms with Crippen LogP contribution in [0.4, 0.5) is 13.2 Å². The van der Waals surface area contributed by atoms with Gasteiger partial charge in [-0.3, -0.25) is 0 Å². The van der Waals surface area contributed by atoms with E-state index in [2.05, 4.69) is 15.9 Å². The zero-order valence-electron chi connectivity index (χ0n) is 8.06. The van der Waals surface area contributed by atoms with Crippen molar-refractivity contribution < 1.29 is 18.3 Å². The third-order valence-electron chi connectivity index (χ3n) is 2.02. The van der Waals surface area contributed by atoms with Crippen LogP contribution in [0.5, 0.6) is 0 Å². The van der Waals surface area contributed by atoms with Crippen LogP contribution in [0.1, 0.15) is 24.5 Å². The molecule has 1 rings (SSSR count). The maximum atomic E-state index is 11.9. The Labute approximate surface area is 104 Å². The van der Waals surface area contributed by atoms with Crippen LogP contribution in [0.15, 0.2) is 22.7 Å².